The van der Waals surface area contributed by atoms with Crippen LogP contribution in [0.15, 0.2) is 18.2 Å². The second kappa shape index (κ2) is 34.9. The topological polar surface area (TPSA) is 172 Å². The third-order valence-corrected chi connectivity index (χ3v) is 7.45. The van der Waals surface area contributed by atoms with Crippen molar-refractivity contribution in [1.82, 2.24) is 0 Å². The first kappa shape index (κ1) is 45.5. The lowest BCUT2D eigenvalue weighted by molar-refractivity contribution is -0.393. The van der Waals surface area contributed by atoms with Crippen molar-refractivity contribution < 1.29 is 47.7 Å². The van der Waals surface area contributed by atoms with Gasteiger partial charge in [-0.2, -0.15) is 0 Å². The van der Waals surface area contributed by atoms with Gasteiger partial charge in [-0.1, -0.05) is 71.1 Å². The number of nitro benzene ring substituents is 2. The second-order valence-electron chi connectivity index (χ2n) is 11.6. The molecule has 0 aromatic heterocycles. The molecule has 1 N–H and O–H groups in total. The predicted octanol–water partition coefficient (Wildman–Crippen LogP) is 6.36. The first-order valence-electron chi connectivity index (χ1n) is 18.3. The molecule has 0 unspecified atom stereocenters. The van der Waals surface area contributed by atoms with Crippen LogP contribution < -0.4 is 5.32 Å². The van der Waals surface area contributed by atoms with Crippen molar-refractivity contribution in [1.29, 1.82) is 0 Å². The zero-order chi connectivity index (χ0) is 36.2. The maximum atomic E-state index is 11.1. The van der Waals surface area contributed by atoms with Crippen LogP contribution in [0.2, 0.25) is 0 Å². The molecule has 15 nitrogen and oxygen atoms in total. The molecule has 0 aliphatic carbocycles. The van der Waals surface area contributed by atoms with Crippen LogP contribution in [-0.2, 0) is 37.9 Å². The van der Waals surface area contributed by atoms with Crippen LogP contribution >= 0.6 is 0 Å². The van der Waals surface area contributed by atoms with Gasteiger partial charge in [-0.25, -0.2) is 0 Å². The molecule has 1 aromatic carbocycles. The Balaban J connectivity index is 1.71. The van der Waals surface area contributed by atoms with Gasteiger partial charge in [0.1, 0.15) is 5.69 Å². The quantitative estimate of drug-likeness (QED) is 0.0453. The molecule has 290 valence electrons. The number of anilines is 1. The number of ether oxygens (including phenoxy) is 8. The highest BCUT2D eigenvalue weighted by atomic mass is 16.6. The van der Waals surface area contributed by atoms with Gasteiger partial charge in [0, 0.05) is 19.2 Å². The molecule has 0 spiro atoms. The van der Waals surface area contributed by atoms with Crippen molar-refractivity contribution in [2.75, 3.05) is 118 Å². The molecular formula is C35H63N3O12. The summed E-state index contributed by atoms with van der Waals surface area (Å²) in [5, 5.41) is 24.8. The summed E-state index contributed by atoms with van der Waals surface area (Å²) in [4.78, 5) is 20.6. The minimum absolute atomic E-state index is 0.192. The highest BCUT2D eigenvalue weighted by Crippen LogP contribution is 2.28. The van der Waals surface area contributed by atoms with Crippen LogP contribution in [0.1, 0.15) is 77.6 Å². The first-order chi connectivity index (χ1) is 24.6. The molecule has 0 saturated carbocycles. The Labute approximate surface area is 298 Å². The molecule has 0 aliphatic heterocycles. The van der Waals surface area contributed by atoms with E-state index in [1.807, 2.05) is 0 Å². The lowest BCUT2D eigenvalue weighted by Gasteiger charge is -2.09. The summed E-state index contributed by atoms with van der Waals surface area (Å²) in [7, 11) is 0. The molecule has 1 rings (SSSR count). The van der Waals surface area contributed by atoms with E-state index in [1.165, 1.54) is 76.3 Å². The molecule has 0 bridgehead atoms. The molecule has 50 heavy (non-hydrogen) atoms. The number of hydrogen-bond acceptors (Lipinski definition) is 13. The maximum absolute atomic E-state index is 11.1. The lowest BCUT2D eigenvalue weighted by atomic mass is 10.1. The van der Waals surface area contributed by atoms with Crippen molar-refractivity contribution in [2.45, 2.75) is 77.6 Å². The minimum atomic E-state index is -0.676. The summed E-state index contributed by atoms with van der Waals surface area (Å²) in [6.07, 6.45) is 14.7. The second-order valence-corrected chi connectivity index (χ2v) is 11.6. The highest BCUT2D eigenvalue weighted by Gasteiger charge is 2.19. The van der Waals surface area contributed by atoms with E-state index in [0.717, 1.165) is 19.1 Å². The molecule has 0 radical (unpaired) electrons. The smallest absolute Gasteiger partial charge is 0.299 e. The summed E-state index contributed by atoms with van der Waals surface area (Å²) in [6.45, 7) is 10.4. The van der Waals surface area contributed by atoms with Gasteiger partial charge in [0.15, 0.2) is 0 Å². The summed E-state index contributed by atoms with van der Waals surface area (Å²) < 4.78 is 44.0. The summed E-state index contributed by atoms with van der Waals surface area (Å²) in [5.74, 6) is 0. The number of unbranched alkanes of at least 4 members (excludes halogenated alkanes) is 10. The Bertz CT molecular complexity index is 944. The van der Waals surface area contributed by atoms with E-state index in [0.29, 0.717) is 99.0 Å². The monoisotopic (exact) mass is 717 g/mol. The predicted molar refractivity (Wildman–Crippen MR) is 191 cm³/mol. The Morgan fingerprint density at radius 1 is 0.480 bits per heavy atom. The number of hydrogen-bond donors (Lipinski definition) is 1. The van der Waals surface area contributed by atoms with E-state index < -0.39 is 9.85 Å². The molecule has 0 amide bonds. The summed E-state index contributed by atoms with van der Waals surface area (Å²) in [5.41, 5.74) is -0.507. The first-order valence-corrected chi connectivity index (χ1v) is 18.3. The van der Waals surface area contributed by atoms with Gasteiger partial charge in [0.2, 0.25) is 0 Å². The van der Waals surface area contributed by atoms with E-state index in [4.69, 9.17) is 37.9 Å². The van der Waals surface area contributed by atoms with Gasteiger partial charge >= 0.3 is 0 Å². The largest absolute Gasteiger partial charge is 0.379 e. The van der Waals surface area contributed by atoms with Crippen LogP contribution in [0, 0.1) is 20.2 Å². The van der Waals surface area contributed by atoms with Crippen molar-refractivity contribution >= 4 is 17.1 Å². The van der Waals surface area contributed by atoms with Gasteiger partial charge in [-0.3, -0.25) is 20.2 Å². The molecule has 0 atom stereocenters. The van der Waals surface area contributed by atoms with Crippen LogP contribution in [0.5, 0.6) is 0 Å². The third-order valence-electron chi connectivity index (χ3n) is 7.45. The average Bonchev–Trinajstić information content (AvgIpc) is 3.11. The molecular weight excluding hydrogens is 654 g/mol. The van der Waals surface area contributed by atoms with Crippen LogP contribution in [0.4, 0.5) is 17.1 Å². The zero-order valence-electron chi connectivity index (χ0n) is 30.3. The molecule has 0 fully saturated rings. The molecule has 0 aliphatic rings. The van der Waals surface area contributed by atoms with E-state index >= 15 is 0 Å². The van der Waals surface area contributed by atoms with Crippen molar-refractivity contribution in [3.63, 3.8) is 0 Å². The van der Waals surface area contributed by atoms with Gasteiger partial charge in [0.25, 0.3) is 11.4 Å². The van der Waals surface area contributed by atoms with Crippen molar-refractivity contribution in [2.24, 2.45) is 0 Å². The number of benzene rings is 1. The Hall–Kier alpha value is -2.50. The standard InChI is InChI=1S/C35H63N3O12/c1-2-3-4-5-6-7-8-9-10-11-12-16-43-18-20-45-22-24-47-26-28-49-30-31-50-29-27-48-25-23-46-21-19-44-17-15-36-34-14-13-33(37(39)40)32-35(34)38(41)42/h13-14,32,36H,2-12,15-31H2,1H3. The number of nitro groups is 2. The van der Waals surface area contributed by atoms with Gasteiger partial charge < -0.3 is 43.2 Å². The van der Waals surface area contributed by atoms with Gasteiger partial charge in [-0.05, 0) is 12.5 Å². The lowest BCUT2D eigenvalue weighted by Crippen LogP contribution is -2.15. The highest BCUT2D eigenvalue weighted by molar-refractivity contribution is 5.65. The number of nitrogens with one attached hydrogen (secondary N) is 1. The average molecular weight is 718 g/mol. The van der Waals surface area contributed by atoms with Crippen molar-refractivity contribution in [3.05, 3.63) is 38.4 Å². The summed E-state index contributed by atoms with van der Waals surface area (Å²) in [6, 6.07) is 3.45. The van der Waals surface area contributed by atoms with E-state index in [1.54, 1.807) is 0 Å². The Morgan fingerprint density at radius 2 is 0.840 bits per heavy atom. The number of rotatable bonds is 39. The van der Waals surface area contributed by atoms with Crippen LogP contribution in [0.3, 0.4) is 0 Å². The normalized spacial score (nSPS) is 11.3. The molecule has 0 saturated heterocycles. The fourth-order valence-electron chi connectivity index (χ4n) is 4.70. The van der Waals surface area contributed by atoms with Gasteiger partial charge in [-0.15, -0.1) is 0 Å². The molecule has 15 heteroatoms. The van der Waals surface area contributed by atoms with Crippen LogP contribution in [0.25, 0.3) is 0 Å². The minimum Gasteiger partial charge on any atom is -0.379 e. The summed E-state index contributed by atoms with van der Waals surface area (Å²) >= 11 is 0. The number of non-ortho nitro benzene ring substituents is 1. The van der Waals surface area contributed by atoms with E-state index in [-0.39, 0.29) is 23.7 Å². The SMILES string of the molecule is CCCCCCCCCCCCCOCCOCCOCCOCCOCCOCCOCCOCCNc1ccc([N+](=O)[O-])cc1[N+](=O)[O-]. The fourth-order valence-corrected chi connectivity index (χ4v) is 4.70. The van der Waals surface area contributed by atoms with Crippen LogP contribution in [-0.4, -0.2) is 122 Å². The fraction of sp³-hybridized carbons (Fsp3) is 0.829. The van der Waals surface area contributed by atoms with E-state index in [2.05, 4.69) is 12.2 Å². The van der Waals surface area contributed by atoms with E-state index in [9.17, 15) is 20.2 Å². The molecule has 0 heterocycles. The Kier molecular flexibility index (Phi) is 31.8. The third kappa shape index (κ3) is 28.2. The molecule has 1 aromatic rings. The Morgan fingerprint density at radius 3 is 1.22 bits per heavy atom. The zero-order valence-corrected chi connectivity index (χ0v) is 30.3. The maximum Gasteiger partial charge on any atom is 0.299 e. The number of nitrogens with zero attached hydrogens (tertiary/aromatic N) is 2. The van der Waals surface area contributed by atoms with Gasteiger partial charge in [0.05, 0.1) is 115 Å². The van der Waals surface area contributed by atoms with Crippen molar-refractivity contribution in [3.8, 4) is 0 Å².